The zero-order valence-electron chi connectivity index (χ0n) is 17.7. The Morgan fingerprint density at radius 2 is 2.06 bits per heavy atom. The molecule has 0 radical (unpaired) electrons. The van der Waals surface area contributed by atoms with Gasteiger partial charge in [-0.1, -0.05) is 12.1 Å². The number of nitrogens with one attached hydrogen (secondary N) is 1. The molecule has 0 spiro atoms. The van der Waals surface area contributed by atoms with Gasteiger partial charge in [0.15, 0.2) is 5.65 Å². The van der Waals surface area contributed by atoms with Crippen LogP contribution in [-0.4, -0.2) is 47.8 Å². The lowest BCUT2D eigenvalue weighted by atomic mass is 10.1. The molecule has 1 amide bonds. The average molecular weight is 449 g/mol. The van der Waals surface area contributed by atoms with Gasteiger partial charge in [-0.25, -0.2) is 14.3 Å². The molecule has 12 heteroatoms. The highest BCUT2D eigenvalue weighted by molar-refractivity contribution is 5.96. The number of hydrogen-bond acceptors (Lipinski definition) is 8. The van der Waals surface area contributed by atoms with Crippen molar-refractivity contribution in [2.24, 2.45) is 0 Å². The van der Waals surface area contributed by atoms with E-state index < -0.39 is 22.8 Å². The van der Waals surface area contributed by atoms with Crippen LogP contribution in [0.3, 0.4) is 0 Å². The van der Waals surface area contributed by atoms with Gasteiger partial charge in [0.25, 0.3) is 0 Å². The van der Waals surface area contributed by atoms with Crippen LogP contribution in [0.25, 0.3) is 16.9 Å². The molecule has 0 fully saturated rings. The molecule has 0 aliphatic heterocycles. The number of benzene rings is 1. The van der Waals surface area contributed by atoms with Crippen LogP contribution < -0.4 is 5.32 Å². The van der Waals surface area contributed by atoms with Crippen LogP contribution in [0.1, 0.15) is 30.2 Å². The largest absolute Gasteiger partial charge is 0.462 e. The van der Waals surface area contributed by atoms with Gasteiger partial charge < -0.3 is 10.1 Å². The molecule has 3 aromatic heterocycles. The number of aromatic nitrogens is 5. The van der Waals surface area contributed by atoms with Gasteiger partial charge in [-0.3, -0.25) is 19.6 Å². The molecule has 0 aliphatic carbocycles. The predicted molar refractivity (Wildman–Crippen MR) is 117 cm³/mol. The first-order valence-corrected chi connectivity index (χ1v) is 9.98. The summed E-state index contributed by atoms with van der Waals surface area (Å²) in [5.74, 6) is -0.903. The monoisotopic (exact) mass is 449 g/mol. The molecular formula is C21H19N7O5. The van der Waals surface area contributed by atoms with Crippen molar-refractivity contribution >= 4 is 28.9 Å². The van der Waals surface area contributed by atoms with E-state index in [9.17, 15) is 19.7 Å². The summed E-state index contributed by atoms with van der Waals surface area (Å²) < 4.78 is 7.81. The van der Waals surface area contributed by atoms with Crippen molar-refractivity contribution in [3.05, 3.63) is 70.8 Å². The van der Waals surface area contributed by atoms with Gasteiger partial charge in [-0.2, -0.15) is 10.2 Å². The fourth-order valence-electron chi connectivity index (χ4n) is 3.22. The molecular weight excluding hydrogens is 430 g/mol. The lowest BCUT2D eigenvalue weighted by Crippen LogP contribution is -2.24. The van der Waals surface area contributed by atoms with Crippen LogP contribution in [0.15, 0.2) is 55.1 Å². The summed E-state index contributed by atoms with van der Waals surface area (Å²) in [5, 5.41) is 21.8. The van der Waals surface area contributed by atoms with Gasteiger partial charge in [0, 0.05) is 17.4 Å². The minimum Gasteiger partial charge on any atom is -0.462 e. The molecule has 3 heterocycles. The zero-order chi connectivity index (χ0) is 23.5. The molecule has 1 aromatic carbocycles. The fraction of sp³-hybridized carbons (Fsp3) is 0.190. The van der Waals surface area contributed by atoms with Gasteiger partial charge in [-0.05, 0) is 32.0 Å². The summed E-state index contributed by atoms with van der Waals surface area (Å²) in [4.78, 5) is 39.3. The van der Waals surface area contributed by atoms with E-state index in [-0.39, 0.29) is 17.9 Å². The minimum absolute atomic E-state index is 0.195. The van der Waals surface area contributed by atoms with Gasteiger partial charge in [-0.15, -0.1) is 0 Å². The van der Waals surface area contributed by atoms with Gasteiger partial charge in [0.05, 0.1) is 23.4 Å². The number of nitrogens with zero attached hydrogens (tertiary/aromatic N) is 6. The number of hydrogen-bond donors (Lipinski definition) is 1. The summed E-state index contributed by atoms with van der Waals surface area (Å²) in [6.45, 7) is 3.54. The quantitative estimate of drug-likeness (QED) is 0.257. The number of ether oxygens (including phenoxy) is 1. The lowest BCUT2D eigenvalue weighted by molar-refractivity contribution is -0.385. The summed E-state index contributed by atoms with van der Waals surface area (Å²) in [6, 6.07) is 8.02. The van der Waals surface area contributed by atoms with E-state index in [0.29, 0.717) is 17.0 Å². The maximum absolute atomic E-state index is 12.7. The van der Waals surface area contributed by atoms with Crippen molar-refractivity contribution in [1.82, 2.24) is 24.4 Å². The number of anilines is 1. The number of nitro groups is 1. The normalized spacial score (nSPS) is 11.8. The third-order valence-electron chi connectivity index (χ3n) is 4.90. The van der Waals surface area contributed by atoms with E-state index in [4.69, 9.17) is 4.74 Å². The third-order valence-corrected chi connectivity index (χ3v) is 4.90. The highest BCUT2D eigenvalue weighted by atomic mass is 16.6. The van der Waals surface area contributed by atoms with Crippen LogP contribution in [-0.2, 0) is 9.53 Å². The SMILES string of the molecule is CCOC(=O)c1cnn2c(-c3cccc(NC(=O)C(C)n4cc([N+](=O)[O-])cn4)c3)ccnc12. The Kier molecular flexibility index (Phi) is 5.81. The van der Waals surface area contributed by atoms with Crippen LogP contribution in [0.2, 0.25) is 0 Å². The Morgan fingerprint density at radius 3 is 2.79 bits per heavy atom. The number of fused-ring (bicyclic) bond motifs is 1. The number of rotatable bonds is 7. The molecule has 1 unspecified atom stereocenters. The van der Waals surface area contributed by atoms with Gasteiger partial charge in [0.2, 0.25) is 5.91 Å². The van der Waals surface area contributed by atoms with Crippen molar-refractivity contribution in [3.63, 3.8) is 0 Å². The van der Waals surface area contributed by atoms with E-state index in [2.05, 4.69) is 20.5 Å². The molecule has 1 atom stereocenters. The standard InChI is InChI=1S/C21H19N7O5/c1-3-33-21(30)17-11-24-27-18(7-8-22-19(17)27)14-5-4-6-15(9-14)25-20(29)13(2)26-12-16(10-23-26)28(31)32/h4-13H,3H2,1-2H3,(H,25,29). The van der Waals surface area contributed by atoms with E-state index in [0.717, 1.165) is 11.8 Å². The molecule has 0 aliphatic rings. The van der Waals surface area contributed by atoms with Gasteiger partial charge in [0.1, 0.15) is 24.0 Å². The Balaban J connectivity index is 1.59. The van der Waals surface area contributed by atoms with Crippen LogP contribution in [0, 0.1) is 10.1 Å². The van der Waals surface area contributed by atoms with E-state index in [1.807, 2.05) is 6.07 Å². The second-order valence-electron chi connectivity index (χ2n) is 7.03. The van der Waals surface area contributed by atoms with Crippen LogP contribution >= 0.6 is 0 Å². The average Bonchev–Trinajstić information content (AvgIpc) is 3.46. The fourth-order valence-corrected chi connectivity index (χ4v) is 3.22. The molecule has 0 saturated heterocycles. The van der Waals surface area contributed by atoms with Crippen molar-refractivity contribution in [2.75, 3.05) is 11.9 Å². The molecule has 12 nitrogen and oxygen atoms in total. The predicted octanol–water partition coefficient (Wildman–Crippen LogP) is 2.88. The second kappa shape index (κ2) is 8.86. The Bertz CT molecular complexity index is 1360. The second-order valence-corrected chi connectivity index (χ2v) is 7.03. The highest BCUT2D eigenvalue weighted by Crippen LogP contribution is 2.25. The smallest absolute Gasteiger partial charge is 0.343 e. The van der Waals surface area contributed by atoms with Crippen molar-refractivity contribution < 1.29 is 19.2 Å². The first-order chi connectivity index (χ1) is 15.9. The minimum atomic E-state index is -0.770. The van der Waals surface area contributed by atoms with Gasteiger partial charge >= 0.3 is 11.7 Å². The molecule has 4 rings (SSSR count). The third kappa shape index (κ3) is 4.26. The van der Waals surface area contributed by atoms with Crippen LogP contribution in [0.5, 0.6) is 0 Å². The number of esters is 1. The topological polar surface area (TPSA) is 147 Å². The number of amides is 1. The molecule has 4 aromatic rings. The summed E-state index contributed by atoms with van der Waals surface area (Å²) in [6.07, 6.45) is 5.26. The maximum atomic E-state index is 12.7. The molecule has 33 heavy (non-hydrogen) atoms. The van der Waals surface area contributed by atoms with Crippen LogP contribution in [0.4, 0.5) is 11.4 Å². The molecule has 1 N–H and O–H groups in total. The molecule has 0 saturated carbocycles. The number of carbonyl (C=O) groups is 2. The van der Waals surface area contributed by atoms with E-state index in [1.54, 1.807) is 44.3 Å². The summed E-state index contributed by atoms with van der Waals surface area (Å²) in [7, 11) is 0. The highest BCUT2D eigenvalue weighted by Gasteiger charge is 2.20. The number of carbonyl (C=O) groups excluding carboxylic acids is 2. The van der Waals surface area contributed by atoms with Crippen molar-refractivity contribution in [2.45, 2.75) is 19.9 Å². The molecule has 0 bridgehead atoms. The Labute approximate surface area is 187 Å². The van der Waals surface area contributed by atoms with E-state index in [1.165, 1.54) is 21.6 Å². The first kappa shape index (κ1) is 21.6. The maximum Gasteiger partial charge on any atom is 0.343 e. The zero-order valence-corrected chi connectivity index (χ0v) is 17.7. The van der Waals surface area contributed by atoms with Crippen molar-refractivity contribution in [1.29, 1.82) is 0 Å². The van der Waals surface area contributed by atoms with Crippen molar-refractivity contribution in [3.8, 4) is 11.3 Å². The Hall–Kier alpha value is -4.61. The first-order valence-electron chi connectivity index (χ1n) is 9.98. The summed E-state index contributed by atoms with van der Waals surface area (Å²) >= 11 is 0. The summed E-state index contributed by atoms with van der Waals surface area (Å²) in [5.41, 5.74) is 2.30. The van der Waals surface area contributed by atoms with E-state index >= 15 is 0 Å². The lowest BCUT2D eigenvalue weighted by Gasteiger charge is -2.13. The molecule has 168 valence electrons. The Morgan fingerprint density at radius 1 is 1.24 bits per heavy atom.